The van der Waals surface area contributed by atoms with Gasteiger partial charge in [-0.05, 0) is 6.92 Å². The molecule has 0 aromatic rings. The number of carbonyl (C=O) groups is 4. The Hall–Kier alpha value is -2.48. The summed E-state index contributed by atoms with van der Waals surface area (Å²) in [6, 6.07) is 0. The lowest BCUT2D eigenvalue weighted by atomic mass is 9.97. The van der Waals surface area contributed by atoms with Crippen LogP contribution in [0.3, 0.4) is 0 Å². The summed E-state index contributed by atoms with van der Waals surface area (Å²) < 4.78 is 15.3. The zero-order chi connectivity index (χ0) is 53.9. The fourth-order valence-electron chi connectivity index (χ4n) is 4.79. The van der Waals surface area contributed by atoms with Crippen LogP contribution in [-0.4, -0.2) is 344 Å². The first-order valence-electron chi connectivity index (χ1n) is 19.6. The summed E-state index contributed by atoms with van der Waals surface area (Å²) in [5.41, 5.74) is 0. The van der Waals surface area contributed by atoms with Crippen molar-refractivity contribution >= 4 is 25.1 Å². The maximum Gasteiger partial charge on any atom is 0.187 e. The van der Waals surface area contributed by atoms with Crippen LogP contribution in [-0.2, 0) is 33.4 Å². The molecule has 33 nitrogen and oxygen atoms in total. The van der Waals surface area contributed by atoms with Gasteiger partial charge in [0.25, 0.3) is 0 Å². The molecule has 2 aliphatic heterocycles. The molecule has 406 valence electrons. The van der Waals surface area contributed by atoms with Gasteiger partial charge in [-0.1, -0.05) is 0 Å². The molecule has 2 heterocycles. The van der Waals surface area contributed by atoms with Gasteiger partial charge in [-0.3, -0.25) is 0 Å². The van der Waals surface area contributed by atoms with E-state index in [4.69, 9.17) is 111 Å². The number of ether oxygens (including phenoxy) is 3. The standard InChI is InChI=1S/C12H22O11.2C6H12O6.C6H12O5.C5H10O5/c13-1-3-5(15)6(16)9(19)12(22-3)23-10-4(2-14)21-11(20)8(18)7(10)17;2*7-1-3(9)5(11)6(12)4(10)2-8;1-3(8)5(10)6(11)4(9)2-7;6-1-3(8)5(10)4(9)2-7/h3-20H,1-2H2;2*1,3-6,8-12H,2H2;2-6,8-11H,1H3;1,3-5,7-10H,2H2/t3-,4-,5-,6+,7-,8-,9-,10-,11-,12+;3-,4+,5+,6+;2*3-,4+,5+,6-;3-,4-,5+/m10001/s1. The van der Waals surface area contributed by atoms with E-state index in [9.17, 15) is 54.9 Å². The molecule has 2 saturated heterocycles. The second-order valence-electron chi connectivity index (χ2n) is 14.5. The van der Waals surface area contributed by atoms with Crippen LogP contribution in [0.2, 0.25) is 0 Å². The minimum atomic E-state index is -1.79. The molecule has 0 amide bonds. The molecule has 0 saturated carbocycles. The molecule has 25 atom stereocenters. The molecule has 33 heteroatoms. The Kier molecular flexibility index (Phi) is 37.4. The highest BCUT2D eigenvalue weighted by atomic mass is 16.7. The molecule has 0 aromatic heterocycles. The molecule has 68 heavy (non-hydrogen) atoms. The van der Waals surface area contributed by atoms with Gasteiger partial charge in [-0.25, -0.2) is 0 Å². The Morgan fingerprint density at radius 1 is 0.412 bits per heavy atom. The van der Waals surface area contributed by atoms with Gasteiger partial charge in [0, 0.05) is 0 Å². The van der Waals surface area contributed by atoms with Gasteiger partial charge in [-0.2, -0.15) is 0 Å². The summed E-state index contributed by atoms with van der Waals surface area (Å²) in [6.07, 6.45) is -39.8. The molecule has 0 aromatic carbocycles. The van der Waals surface area contributed by atoms with Gasteiger partial charge in [0.05, 0.1) is 39.1 Å². The molecule has 26 N–H and O–H groups in total. The van der Waals surface area contributed by atoms with Crippen molar-refractivity contribution in [3.63, 3.8) is 0 Å². The first kappa shape index (κ1) is 69.8. The van der Waals surface area contributed by atoms with Gasteiger partial charge < -0.3 is 166 Å². The summed E-state index contributed by atoms with van der Waals surface area (Å²) in [5.74, 6) is 0. The van der Waals surface area contributed by atoms with Gasteiger partial charge in [-0.15, -0.1) is 0 Å². The highest BCUT2D eigenvalue weighted by molar-refractivity contribution is 5.57. The molecule has 0 aliphatic carbocycles. The van der Waals surface area contributed by atoms with E-state index in [1.54, 1.807) is 0 Å². The third kappa shape index (κ3) is 23.2. The highest BCUT2D eigenvalue weighted by Gasteiger charge is 2.50. The van der Waals surface area contributed by atoms with E-state index in [-0.39, 0.29) is 25.1 Å². The maximum atomic E-state index is 9.94. The van der Waals surface area contributed by atoms with Crippen molar-refractivity contribution in [2.45, 2.75) is 160 Å². The fraction of sp³-hybridized carbons (Fsp3) is 0.886. The van der Waals surface area contributed by atoms with E-state index in [2.05, 4.69) is 0 Å². The summed E-state index contributed by atoms with van der Waals surface area (Å²) in [4.78, 5) is 39.4. The smallest absolute Gasteiger partial charge is 0.187 e. The first-order chi connectivity index (χ1) is 31.5. The second-order valence-corrected chi connectivity index (χ2v) is 14.5. The van der Waals surface area contributed by atoms with Crippen molar-refractivity contribution < 1.29 is 166 Å². The molecule has 0 spiro atoms. The number of aldehydes is 4. The number of carbonyl (C=O) groups excluding carboxylic acids is 4. The number of hydrogen-bond acceptors (Lipinski definition) is 33. The Bertz CT molecular complexity index is 1270. The molecule has 0 unspecified atom stereocenters. The second kappa shape index (κ2) is 36.4. The van der Waals surface area contributed by atoms with Gasteiger partial charge >= 0.3 is 0 Å². The Balaban J connectivity index is -0.000000817. The predicted octanol–water partition coefficient (Wildman–Crippen LogP) is -17.2. The molecule has 2 fully saturated rings. The van der Waals surface area contributed by atoms with Crippen molar-refractivity contribution in [3.05, 3.63) is 0 Å². The van der Waals surface area contributed by atoms with Gasteiger partial charge in [0.1, 0.15) is 134 Å². The molecule has 0 bridgehead atoms. The third-order valence-electron chi connectivity index (χ3n) is 9.22. The fourth-order valence-corrected chi connectivity index (χ4v) is 4.79. The monoisotopic (exact) mass is 1020 g/mol. The third-order valence-corrected chi connectivity index (χ3v) is 9.22. The quantitative estimate of drug-likeness (QED) is 0.0448. The van der Waals surface area contributed by atoms with E-state index in [0.717, 1.165) is 0 Å². The van der Waals surface area contributed by atoms with Crippen LogP contribution in [0.25, 0.3) is 0 Å². The number of rotatable bonds is 22. The summed E-state index contributed by atoms with van der Waals surface area (Å²) >= 11 is 0. The molecular formula is C35H68O33. The zero-order valence-corrected chi connectivity index (χ0v) is 35.8. The predicted molar refractivity (Wildman–Crippen MR) is 210 cm³/mol. The van der Waals surface area contributed by atoms with E-state index in [1.807, 2.05) is 0 Å². The zero-order valence-electron chi connectivity index (χ0n) is 35.8. The highest BCUT2D eigenvalue weighted by Crippen LogP contribution is 2.28. The maximum absolute atomic E-state index is 9.94. The van der Waals surface area contributed by atoms with Gasteiger partial charge in [0.15, 0.2) is 37.7 Å². The van der Waals surface area contributed by atoms with Crippen molar-refractivity contribution in [2.75, 3.05) is 33.0 Å². The lowest BCUT2D eigenvalue weighted by Crippen LogP contribution is -2.64. The number of hydrogen-bond donors (Lipinski definition) is 26. The van der Waals surface area contributed by atoms with Crippen LogP contribution in [0.5, 0.6) is 0 Å². The van der Waals surface area contributed by atoms with Crippen molar-refractivity contribution in [1.82, 2.24) is 0 Å². The lowest BCUT2D eigenvalue weighted by molar-refractivity contribution is -0.355. The molecular weight excluding hydrogens is 948 g/mol. The first-order valence-corrected chi connectivity index (χ1v) is 19.6. The van der Waals surface area contributed by atoms with Gasteiger partial charge in [0.2, 0.25) is 0 Å². The van der Waals surface area contributed by atoms with Crippen LogP contribution < -0.4 is 0 Å². The van der Waals surface area contributed by atoms with E-state index < -0.39 is 186 Å². The van der Waals surface area contributed by atoms with E-state index in [1.165, 1.54) is 6.92 Å². The SMILES string of the molecule is C[C@H](O)[C@@H](O)[C@@H](O)[C@H](O)C=O.O=C[C@@H](O)[C@H](O)[C@H](O)CO.O=C[C@H](O)[C@@H](O)[C@@H](O)[C@H](O)CO.O=C[C@H](O)[C@@H](O)[C@H](O)[C@H](O)CO.OC[C@H]1O[C@@H](O[C@H]2[C@H](O)[C@@H](O)[C@H](O)O[C@@H]2CO)[C@H](O)[C@@H](O)[C@@H]1O. The average molecular weight is 1020 g/mol. The van der Waals surface area contributed by atoms with Crippen LogP contribution in [0.1, 0.15) is 6.92 Å². The Morgan fingerprint density at radius 2 is 0.750 bits per heavy atom. The average Bonchev–Trinajstić information content (AvgIpc) is 3.35. The number of aliphatic hydroxyl groups is 26. The normalized spacial score (nSPS) is 31.3. The Morgan fingerprint density at radius 3 is 1.07 bits per heavy atom. The van der Waals surface area contributed by atoms with Crippen LogP contribution in [0.4, 0.5) is 0 Å². The van der Waals surface area contributed by atoms with Crippen molar-refractivity contribution in [1.29, 1.82) is 0 Å². The van der Waals surface area contributed by atoms with E-state index >= 15 is 0 Å². The number of aliphatic hydroxyl groups excluding tert-OH is 26. The summed E-state index contributed by atoms with van der Waals surface area (Å²) in [6.45, 7) is -2.31. The van der Waals surface area contributed by atoms with Crippen LogP contribution in [0.15, 0.2) is 0 Å². The van der Waals surface area contributed by atoms with Crippen LogP contribution >= 0.6 is 0 Å². The molecule has 0 radical (unpaired) electrons. The lowest BCUT2D eigenvalue weighted by Gasteiger charge is -2.45. The van der Waals surface area contributed by atoms with Crippen LogP contribution in [0, 0.1) is 0 Å². The molecule has 2 aliphatic rings. The van der Waals surface area contributed by atoms with Crippen molar-refractivity contribution in [2.24, 2.45) is 0 Å². The van der Waals surface area contributed by atoms with Crippen molar-refractivity contribution in [3.8, 4) is 0 Å². The summed E-state index contributed by atoms with van der Waals surface area (Å²) in [7, 11) is 0. The minimum absolute atomic E-state index is 0.0258. The largest absolute Gasteiger partial charge is 0.394 e. The Labute approximate surface area is 384 Å². The summed E-state index contributed by atoms with van der Waals surface area (Å²) in [5, 5.41) is 233. The molecule has 2 rings (SSSR count). The minimum Gasteiger partial charge on any atom is -0.394 e. The topological polar surface area (TPSA) is 622 Å². The van der Waals surface area contributed by atoms with E-state index in [0.29, 0.717) is 0 Å².